The number of rotatable bonds is 5. The van der Waals surface area contributed by atoms with E-state index < -0.39 is 11.9 Å². The van der Waals surface area contributed by atoms with Crippen LogP contribution in [-0.2, 0) is 14.4 Å². The Morgan fingerprint density at radius 3 is 2.35 bits per heavy atom. The molecule has 2 fully saturated rings. The molecular formula is C11H17N3O3. The van der Waals surface area contributed by atoms with Gasteiger partial charge in [-0.1, -0.05) is 13.8 Å². The maximum absolute atomic E-state index is 11.7. The molecule has 3 amide bonds. The summed E-state index contributed by atoms with van der Waals surface area (Å²) in [6.45, 7) is 3.81. The number of imide groups is 1. The van der Waals surface area contributed by atoms with Crippen LogP contribution in [0, 0.1) is 11.8 Å². The molecule has 0 spiro atoms. The van der Waals surface area contributed by atoms with Crippen LogP contribution >= 0.6 is 0 Å². The fraction of sp³-hybridized carbons (Fsp3) is 0.727. The number of nitrogens with one attached hydrogen (secondary N) is 1. The standard InChI is InChI=1S/C11H17N3O3/c1-5(2)13-8(9(12)15)4-14-10(16)6-3-7(6)11(14)17/h5-8,13H,3-4H2,1-2H3,(H2,12,15). The molecule has 2 rings (SSSR count). The minimum absolute atomic E-state index is 0.0537. The smallest absolute Gasteiger partial charge is 0.236 e. The van der Waals surface area contributed by atoms with Crippen LogP contribution in [-0.4, -0.2) is 41.2 Å². The highest BCUT2D eigenvalue weighted by Gasteiger charge is 2.59. The van der Waals surface area contributed by atoms with Gasteiger partial charge in [0.15, 0.2) is 0 Å². The van der Waals surface area contributed by atoms with Crippen molar-refractivity contribution in [2.45, 2.75) is 32.4 Å². The summed E-state index contributed by atoms with van der Waals surface area (Å²) in [5, 5.41) is 2.96. The molecule has 0 aromatic rings. The number of amides is 3. The Balaban J connectivity index is 2.01. The van der Waals surface area contributed by atoms with Crippen molar-refractivity contribution in [3.63, 3.8) is 0 Å². The molecular weight excluding hydrogens is 222 g/mol. The summed E-state index contributed by atoms with van der Waals surface area (Å²) in [5.74, 6) is -1.11. The van der Waals surface area contributed by atoms with Crippen molar-refractivity contribution in [2.75, 3.05) is 6.54 Å². The second kappa shape index (κ2) is 4.10. The highest BCUT2D eigenvalue weighted by Crippen LogP contribution is 2.46. The van der Waals surface area contributed by atoms with Crippen molar-refractivity contribution in [1.82, 2.24) is 10.2 Å². The molecule has 1 aliphatic carbocycles. The fourth-order valence-corrected chi connectivity index (χ4v) is 2.24. The third-order valence-corrected chi connectivity index (χ3v) is 3.20. The maximum atomic E-state index is 11.7. The molecule has 6 nitrogen and oxygen atoms in total. The first-order valence-electron chi connectivity index (χ1n) is 5.82. The average molecular weight is 239 g/mol. The zero-order valence-electron chi connectivity index (χ0n) is 9.97. The minimum Gasteiger partial charge on any atom is -0.368 e. The van der Waals surface area contributed by atoms with Crippen LogP contribution in [0.4, 0.5) is 0 Å². The van der Waals surface area contributed by atoms with Gasteiger partial charge in [-0.15, -0.1) is 0 Å². The maximum Gasteiger partial charge on any atom is 0.236 e. The third kappa shape index (κ3) is 2.17. The summed E-state index contributed by atoms with van der Waals surface area (Å²) in [5.41, 5.74) is 5.25. The Labute approximate surface area is 99.5 Å². The van der Waals surface area contributed by atoms with Crippen LogP contribution in [0.5, 0.6) is 0 Å². The Morgan fingerprint density at radius 1 is 1.41 bits per heavy atom. The zero-order valence-corrected chi connectivity index (χ0v) is 9.97. The number of nitrogens with zero attached hydrogens (tertiary/aromatic N) is 1. The summed E-state index contributed by atoms with van der Waals surface area (Å²) in [7, 11) is 0. The van der Waals surface area contributed by atoms with Crippen LogP contribution in [0.3, 0.4) is 0 Å². The van der Waals surface area contributed by atoms with Gasteiger partial charge in [0, 0.05) is 6.04 Å². The van der Waals surface area contributed by atoms with Gasteiger partial charge in [-0.3, -0.25) is 19.3 Å². The predicted molar refractivity (Wildman–Crippen MR) is 59.6 cm³/mol. The summed E-state index contributed by atoms with van der Waals surface area (Å²) in [6.07, 6.45) is 0.674. The molecule has 2 aliphatic rings. The number of carbonyl (C=O) groups excluding carboxylic acids is 3. The van der Waals surface area contributed by atoms with Gasteiger partial charge >= 0.3 is 0 Å². The molecule has 1 heterocycles. The largest absolute Gasteiger partial charge is 0.368 e. The summed E-state index contributed by atoms with van der Waals surface area (Å²) >= 11 is 0. The average Bonchev–Trinajstić information content (AvgIpc) is 2.96. The molecule has 1 saturated carbocycles. The lowest BCUT2D eigenvalue weighted by Crippen LogP contribution is -2.53. The van der Waals surface area contributed by atoms with E-state index in [0.29, 0.717) is 6.42 Å². The quantitative estimate of drug-likeness (QED) is 0.592. The SMILES string of the molecule is CC(C)NC(CN1C(=O)C2CC2C1=O)C(N)=O. The highest BCUT2D eigenvalue weighted by atomic mass is 16.2. The minimum atomic E-state index is -0.666. The lowest BCUT2D eigenvalue weighted by molar-refractivity contribution is -0.142. The Hall–Kier alpha value is -1.43. The van der Waals surface area contributed by atoms with Crippen molar-refractivity contribution in [1.29, 1.82) is 0 Å². The molecule has 3 N–H and O–H groups in total. The second-order valence-electron chi connectivity index (χ2n) is 5.01. The number of likely N-dealkylation sites (tertiary alicyclic amines) is 1. The Bertz CT molecular complexity index is 360. The van der Waals surface area contributed by atoms with Gasteiger partial charge < -0.3 is 11.1 Å². The third-order valence-electron chi connectivity index (χ3n) is 3.20. The molecule has 1 saturated heterocycles. The van der Waals surface area contributed by atoms with Gasteiger partial charge in [0.05, 0.1) is 18.4 Å². The van der Waals surface area contributed by atoms with Gasteiger partial charge in [0.2, 0.25) is 17.7 Å². The van der Waals surface area contributed by atoms with Gasteiger partial charge in [0.25, 0.3) is 0 Å². The number of nitrogens with two attached hydrogens (primary N) is 1. The van der Waals surface area contributed by atoms with Crippen molar-refractivity contribution < 1.29 is 14.4 Å². The normalized spacial score (nSPS) is 28.5. The van der Waals surface area contributed by atoms with Crippen LogP contribution in [0.2, 0.25) is 0 Å². The van der Waals surface area contributed by atoms with E-state index in [4.69, 9.17) is 5.73 Å². The van der Waals surface area contributed by atoms with E-state index >= 15 is 0 Å². The fourth-order valence-electron chi connectivity index (χ4n) is 2.24. The predicted octanol–water partition coefficient (Wildman–Crippen LogP) is -1.16. The van der Waals surface area contributed by atoms with E-state index in [2.05, 4.69) is 5.32 Å². The molecule has 0 aromatic carbocycles. The van der Waals surface area contributed by atoms with Crippen molar-refractivity contribution in [3.05, 3.63) is 0 Å². The molecule has 0 aromatic heterocycles. The number of primary amides is 1. The van der Waals surface area contributed by atoms with Gasteiger partial charge in [0.1, 0.15) is 6.04 Å². The lowest BCUT2D eigenvalue weighted by Gasteiger charge is -2.24. The molecule has 0 radical (unpaired) electrons. The van der Waals surface area contributed by atoms with Gasteiger partial charge in [-0.25, -0.2) is 0 Å². The number of hydrogen-bond acceptors (Lipinski definition) is 4. The van der Waals surface area contributed by atoms with Crippen LogP contribution in [0.25, 0.3) is 0 Å². The van der Waals surface area contributed by atoms with Crippen molar-refractivity contribution in [3.8, 4) is 0 Å². The molecule has 6 heteroatoms. The molecule has 3 atom stereocenters. The lowest BCUT2D eigenvalue weighted by atomic mass is 10.2. The first kappa shape index (κ1) is 12.0. The molecule has 17 heavy (non-hydrogen) atoms. The number of hydrogen-bond donors (Lipinski definition) is 2. The van der Waals surface area contributed by atoms with Crippen molar-refractivity contribution in [2.24, 2.45) is 17.6 Å². The topological polar surface area (TPSA) is 92.5 Å². The van der Waals surface area contributed by atoms with Gasteiger partial charge in [-0.05, 0) is 6.42 Å². The van der Waals surface area contributed by atoms with E-state index in [-0.39, 0.29) is 36.2 Å². The Morgan fingerprint density at radius 2 is 1.94 bits per heavy atom. The van der Waals surface area contributed by atoms with E-state index in [1.807, 2.05) is 13.8 Å². The molecule has 0 bridgehead atoms. The Kier molecular flexibility index (Phi) is 2.91. The van der Waals surface area contributed by atoms with E-state index in [1.165, 1.54) is 4.90 Å². The second-order valence-corrected chi connectivity index (χ2v) is 5.01. The summed E-state index contributed by atoms with van der Waals surface area (Å²) in [6, 6.07) is -0.602. The van der Waals surface area contributed by atoms with Gasteiger partial charge in [-0.2, -0.15) is 0 Å². The van der Waals surface area contributed by atoms with Crippen LogP contribution in [0.1, 0.15) is 20.3 Å². The van der Waals surface area contributed by atoms with E-state index in [0.717, 1.165) is 0 Å². The van der Waals surface area contributed by atoms with E-state index in [1.54, 1.807) is 0 Å². The molecule has 94 valence electrons. The first-order valence-corrected chi connectivity index (χ1v) is 5.82. The number of carbonyl (C=O) groups is 3. The van der Waals surface area contributed by atoms with E-state index in [9.17, 15) is 14.4 Å². The summed E-state index contributed by atoms with van der Waals surface area (Å²) in [4.78, 5) is 35.9. The highest BCUT2D eigenvalue weighted by molar-refractivity contribution is 6.09. The zero-order chi connectivity index (χ0) is 12.7. The monoisotopic (exact) mass is 239 g/mol. The van der Waals surface area contributed by atoms with Crippen LogP contribution in [0.15, 0.2) is 0 Å². The van der Waals surface area contributed by atoms with Crippen LogP contribution < -0.4 is 11.1 Å². The molecule has 3 unspecified atom stereocenters. The summed E-state index contributed by atoms with van der Waals surface area (Å²) < 4.78 is 0. The molecule has 1 aliphatic heterocycles. The van der Waals surface area contributed by atoms with Crippen molar-refractivity contribution >= 4 is 17.7 Å². The first-order chi connectivity index (χ1) is 7.91. The number of piperidine rings is 1. The number of fused-ring (bicyclic) bond motifs is 1.